The lowest BCUT2D eigenvalue weighted by molar-refractivity contribution is -0.147. The Morgan fingerprint density at radius 3 is 3.00 bits per heavy atom. The van der Waals surface area contributed by atoms with Crippen LogP contribution in [-0.4, -0.2) is 24.8 Å². The summed E-state index contributed by atoms with van der Waals surface area (Å²) in [4.78, 5) is 11.3. The number of carbonyl (C=O) groups is 1. The van der Waals surface area contributed by atoms with Gasteiger partial charge in [0.25, 0.3) is 0 Å². The molecule has 0 aromatic rings. The molecule has 1 saturated carbocycles. The summed E-state index contributed by atoms with van der Waals surface area (Å²) in [5.74, 6) is 0.368. The van der Waals surface area contributed by atoms with E-state index in [1.54, 1.807) is 0 Å². The second kappa shape index (κ2) is 2.46. The third-order valence-corrected chi connectivity index (χ3v) is 3.03. The Labute approximate surface area is 72.0 Å². The fraction of sp³-hybridized carbons (Fsp3) is 0.889. The summed E-state index contributed by atoms with van der Waals surface area (Å²) < 4.78 is 10.4. The molecule has 12 heavy (non-hydrogen) atoms. The van der Waals surface area contributed by atoms with Gasteiger partial charge in [0.1, 0.15) is 0 Å². The van der Waals surface area contributed by atoms with E-state index >= 15 is 0 Å². The van der Waals surface area contributed by atoms with E-state index in [1.165, 1.54) is 0 Å². The third kappa shape index (κ3) is 0.891. The predicted octanol–water partition coefficient (Wildman–Crippen LogP) is 0.975. The largest absolute Gasteiger partial charge is 0.466 e. The first-order chi connectivity index (χ1) is 5.70. The molecule has 0 unspecified atom stereocenters. The molecule has 0 radical (unpaired) electrons. The maximum Gasteiger partial charge on any atom is 0.312 e. The minimum atomic E-state index is -0.174. The van der Waals surface area contributed by atoms with Crippen molar-refractivity contribution in [2.45, 2.75) is 25.9 Å². The van der Waals surface area contributed by atoms with Crippen molar-refractivity contribution in [1.29, 1.82) is 0 Å². The number of carbonyl (C=O) groups excluding carboxylic acids is 1. The number of rotatable bonds is 2. The van der Waals surface area contributed by atoms with E-state index in [1.807, 2.05) is 13.8 Å². The van der Waals surface area contributed by atoms with Crippen LogP contribution in [0.25, 0.3) is 0 Å². The molecule has 3 atom stereocenters. The van der Waals surface area contributed by atoms with Crippen LogP contribution in [0.1, 0.15) is 20.3 Å². The molecule has 3 nitrogen and oxygen atoms in total. The van der Waals surface area contributed by atoms with Crippen molar-refractivity contribution in [3.05, 3.63) is 0 Å². The summed E-state index contributed by atoms with van der Waals surface area (Å²) in [5, 5.41) is 0. The van der Waals surface area contributed by atoms with Gasteiger partial charge in [0.15, 0.2) is 0 Å². The fourth-order valence-corrected chi connectivity index (χ4v) is 2.26. The predicted molar refractivity (Wildman–Crippen MR) is 42.6 cm³/mol. The molecule has 2 fully saturated rings. The minimum Gasteiger partial charge on any atom is -0.466 e. The summed E-state index contributed by atoms with van der Waals surface area (Å²) in [6.45, 7) is 5.11. The van der Waals surface area contributed by atoms with Crippen LogP contribution >= 0.6 is 0 Å². The van der Waals surface area contributed by atoms with Crippen molar-refractivity contribution in [3.8, 4) is 0 Å². The number of hydrogen-bond acceptors (Lipinski definition) is 3. The van der Waals surface area contributed by atoms with E-state index in [9.17, 15) is 4.79 Å². The lowest BCUT2D eigenvalue weighted by Gasteiger charge is -2.08. The zero-order chi connectivity index (χ0) is 8.77. The number of esters is 1. The Hall–Kier alpha value is -0.570. The second-order valence-corrected chi connectivity index (χ2v) is 3.66. The quantitative estimate of drug-likeness (QED) is 0.579. The number of ether oxygens (including phenoxy) is 2. The molecule has 0 aromatic carbocycles. The topological polar surface area (TPSA) is 35.5 Å². The van der Waals surface area contributed by atoms with E-state index < -0.39 is 0 Å². The van der Waals surface area contributed by atoms with Gasteiger partial charge in [0.05, 0.1) is 18.1 Å². The average Bonchev–Trinajstić information content (AvgIpc) is 2.40. The summed E-state index contributed by atoms with van der Waals surface area (Å²) in [6.07, 6.45) is 1.01. The van der Waals surface area contributed by atoms with Crippen LogP contribution in [0.4, 0.5) is 0 Å². The van der Waals surface area contributed by atoms with Crippen LogP contribution in [0.3, 0.4) is 0 Å². The van der Waals surface area contributed by atoms with Gasteiger partial charge in [-0.15, -0.1) is 0 Å². The third-order valence-electron chi connectivity index (χ3n) is 3.03. The lowest BCUT2D eigenvalue weighted by Crippen LogP contribution is -2.18. The molecule has 2 rings (SSSR count). The van der Waals surface area contributed by atoms with Crippen molar-refractivity contribution in [2.24, 2.45) is 11.8 Å². The lowest BCUT2D eigenvalue weighted by atomic mass is 10.2. The van der Waals surface area contributed by atoms with Crippen LogP contribution in [0.2, 0.25) is 0 Å². The minimum absolute atomic E-state index is 0.0196. The number of hydrogen-bond donors (Lipinski definition) is 0. The fourth-order valence-electron chi connectivity index (χ4n) is 2.26. The van der Waals surface area contributed by atoms with Gasteiger partial charge in [-0.25, -0.2) is 0 Å². The zero-order valence-electron chi connectivity index (χ0n) is 7.50. The molecular formula is C9H14O3. The standard InChI is InChI=1S/C9H14O3/c1-3-11-8(10)7-6-4-5-12-9(6,7)2/h6-7H,3-5H2,1-2H3/t6-,7+,9-/m0/s1. The first kappa shape index (κ1) is 8.05. The van der Waals surface area contributed by atoms with E-state index in [4.69, 9.17) is 9.47 Å². The Balaban J connectivity index is 1.97. The van der Waals surface area contributed by atoms with E-state index in [0.717, 1.165) is 13.0 Å². The molecule has 0 aromatic heterocycles. The van der Waals surface area contributed by atoms with Crippen molar-refractivity contribution >= 4 is 5.97 Å². The maximum atomic E-state index is 11.3. The molecule has 0 N–H and O–H groups in total. The molecule has 0 bridgehead atoms. The first-order valence-corrected chi connectivity index (χ1v) is 4.50. The maximum absolute atomic E-state index is 11.3. The monoisotopic (exact) mass is 170 g/mol. The van der Waals surface area contributed by atoms with E-state index in [-0.39, 0.29) is 17.5 Å². The molecule has 3 heteroatoms. The summed E-state index contributed by atoms with van der Waals surface area (Å²) in [5.41, 5.74) is -0.174. The van der Waals surface area contributed by atoms with Crippen molar-refractivity contribution in [3.63, 3.8) is 0 Å². The summed E-state index contributed by atoms with van der Waals surface area (Å²) in [7, 11) is 0. The van der Waals surface area contributed by atoms with Gasteiger partial charge in [0.2, 0.25) is 0 Å². The highest BCUT2D eigenvalue weighted by atomic mass is 16.5. The molecule has 0 spiro atoms. The number of fused-ring (bicyclic) bond motifs is 1. The average molecular weight is 170 g/mol. The molecule has 1 aliphatic carbocycles. The summed E-state index contributed by atoms with van der Waals surface area (Å²) in [6, 6.07) is 0. The van der Waals surface area contributed by atoms with Gasteiger partial charge < -0.3 is 9.47 Å². The van der Waals surface area contributed by atoms with Crippen LogP contribution in [0.5, 0.6) is 0 Å². The van der Waals surface area contributed by atoms with Crippen LogP contribution in [0, 0.1) is 11.8 Å². The van der Waals surface area contributed by atoms with Crippen LogP contribution in [0.15, 0.2) is 0 Å². The smallest absolute Gasteiger partial charge is 0.312 e. The Kier molecular flexibility index (Phi) is 1.65. The van der Waals surface area contributed by atoms with Crippen molar-refractivity contribution in [2.75, 3.05) is 13.2 Å². The Bertz CT molecular complexity index is 214. The van der Waals surface area contributed by atoms with Gasteiger partial charge in [-0.3, -0.25) is 4.79 Å². The highest BCUT2D eigenvalue weighted by molar-refractivity contribution is 5.78. The Morgan fingerprint density at radius 2 is 2.50 bits per heavy atom. The molecule has 0 amide bonds. The summed E-state index contributed by atoms with van der Waals surface area (Å²) >= 11 is 0. The van der Waals surface area contributed by atoms with Gasteiger partial charge in [0, 0.05) is 12.5 Å². The van der Waals surface area contributed by atoms with Gasteiger partial charge in [-0.05, 0) is 20.3 Å². The molecule has 1 heterocycles. The molecule has 1 aliphatic heterocycles. The van der Waals surface area contributed by atoms with Gasteiger partial charge in [-0.2, -0.15) is 0 Å². The van der Waals surface area contributed by atoms with Crippen molar-refractivity contribution < 1.29 is 14.3 Å². The van der Waals surface area contributed by atoms with Crippen LogP contribution in [-0.2, 0) is 14.3 Å². The molecular weight excluding hydrogens is 156 g/mol. The molecule has 2 aliphatic rings. The van der Waals surface area contributed by atoms with E-state index in [0.29, 0.717) is 12.5 Å². The van der Waals surface area contributed by atoms with Gasteiger partial charge >= 0.3 is 5.97 Å². The van der Waals surface area contributed by atoms with Gasteiger partial charge in [-0.1, -0.05) is 0 Å². The van der Waals surface area contributed by atoms with E-state index in [2.05, 4.69) is 0 Å². The highest BCUT2D eigenvalue weighted by Crippen LogP contribution is 2.59. The second-order valence-electron chi connectivity index (χ2n) is 3.66. The highest BCUT2D eigenvalue weighted by Gasteiger charge is 2.69. The normalized spacial score (nSPS) is 43.8. The zero-order valence-corrected chi connectivity index (χ0v) is 7.50. The van der Waals surface area contributed by atoms with Crippen molar-refractivity contribution in [1.82, 2.24) is 0 Å². The molecule has 1 saturated heterocycles. The Morgan fingerprint density at radius 1 is 1.75 bits per heavy atom. The van der Waals surface area contributed by atoms with Crippen LogP contribution < -0.4 is 0 Å². The molecule has 68 valence electrons. The first-order valence-electron chi connectivity index (χ1n) is 4.50. The SMILES string of the molecule is CCOC(=O)[C@H]1[C@@H]2CCO[C@@]21C.